The minimum atomic E-state index is -0.0309. The van der Waals surface area contributed by atoms with Crippen molar-refractivity contribution in [3.05, 3.63) is 54.1 Å². The van der Waals surface area contributed by atoms with Crippen LogP contribution in [0.5, 0.6) is 5.75 Å². The fourth-order valence-corrected chi connectivity index (χ4v) is 2.08. The molecular formula is C18H22N2O2. The molecule has 2 rings (SSSR count). The van der Waals surface area contributed by atoms with Crippen LogP contribution in [-0.4, -0.2) is 12.0 Å². The molecule has 0 aliphatic rings. The summed E-state index contributed by atoms with van der Waals surface area (Å²) in [5, 5.41) is 2.91. The summed E-state index contributed by atoms with van der Waals surface area (Å²) in [5.74, 6) is 0.662. The van der Waals surface area contributed by atoms with Gasteiger partial charge in [-0.05, 0) is 50.1 Å². The van der Waals surface area contributed by atoms with E-state index in [4.69, 9.17) is 10.5 Å². The monoisotopic (exact) mass is 298 g/mol. The van der Waals surface area contributed by atoms with Gasteiger partial charge in [0, 0.05) is 12.1 Å². The summed E-state index contributed by atoms with van der Waals surface area (Å²) in [6.45, 7) is 3.92. The molecule has 0 unspecified atom stereocenters. The highest BCUT2D eigenvalue weighted by Crippen LogP contribution is 2.25. The standard InChI is InChI=1S/C18H22N2O2/c1-13(2)22-17-6-4-3-5-16(17)20-18(21)12-9-14-7-10-15(19)11-8-14/h3-8,10-11,13H,9,12,19H2,1-2H3,(H,20,21). The number of aryl methyl sites for hydroxylation is 1. The average molecular weight is 298 g/mol. The number of hydrogen-bond donors (Lipinski definition) is 2. The van der Waals surface area contributed by atoms with Crippen molar-refractivity contribution in [1.29, 1.82) is 0 Å². The SMILES string of the molecule is CC(C)Oc1ccccc1NC(=O)CCc1ccc(N)cc1. The van der Waals surface area contributed by atoms with E-state index in [2.05, 4.69) is 5.32 Å². The fraction of sp³-hybridized carbons (Fsp3) is 0.278. The maximum Gasteiger partial charge on any atom is 0.224 e. The third-order valence-corrected chi connectivity index (χ3v) is 3.14. The van der Waals surface area contributed by atoms with Crippen molar-refractivity contribution < 1.29 is 9.53 Å². The van der Waals surface area contributed by atoms with Crippen LogP contribution in [0.15, 0.2) is 48.5 Å². The zero-order valence-electron chi connectivity index (χ0n) is 13.0. The number of rotatable bonds is 6. The topological polar surface area (TPSA) is 64.3 Å². The third kappa shape index (κ3) is 4.81. The van der Waals surface area contributed by atoms with Gasteiger partial charge in [-0.3, -0.25) is 4.79 Å². The molecule has 4 heteroatoms. The first-order chi connectivity index (χ1) is 10.5. The van der Waals surface area contributed by atoms with Crippen LogP contribution in [0.25, 0.3) is 0 Å². The lowest BCUT2D eigenvalue weighted by Crippen LogP contribution is -2.14. The Morgan fingerprint density at radius 2 is 1.82 bits per heavy atom. The van der Waals surface area contributed by atoms with Crippen LogP contribution in [-0.2, 0) is 11.2 Å². The van der Waals surface area contributed by atoms with E-state index < -0.39 is 0 Å². The second-order valence-electron chi connectivity index (χ2n) is 5.45. The summed E-state index contributed by atoms with van der Waals surface area (Å²) in [6, 6.07) is 15.0. The molecule has 0 heterocycles. The van der Waals surface area contributed by atoms with Gasteiger partial charge in [0.05, 0.1) is 11.8 Å². The largest absolute Gasteiger partial charge is 0.489 e. The lowest BCUT2D eigenvalue weighted by atomic mass is 10.1. The van der Waals surface area contributed by atoms with Gasteiger partial charge in [-0.25, -0.2) is 0 Å². The smallest absolute Gasteiger partial charge is 0.224 e. The van der Waals surface area contributed by atoms with Crippen LogP contribution >= 0.6 is 0 Å². The summed E-state index contributed by atoms with van der Waals surface area (Å²) in [4.78, 5) is 12.1. The molecule has 0 aliphatic heterocycles. The molecule has 3 N–H and O–H groups in total. The van der Waals surface area contributed by atoms with Crippen molar-refractivity contribution in [2.75, 3.05) is 11.1 Å². The second-order valence-corrected chi connectivity index (χ2v) is 5.45. The Hall–Kier alpha value is -2.49. The number of nitrogen functional groups attached to an aromatic ring is 1. The number of benzene rings is 2. The van der Waals surface area contributed by atoms with Crippen LogP contribution in [0.3, 0.4) is 0 Å². The normalized spacial score (nSPS) is 10.5. The summed E-state index contributed by atoms with van der Waals surface area (Å²) < 4.78 is 5.69. The second kappa shape index (κ2) is 7.50. The molecule has 0 saturated heterocycles. The molecule has 0 fully saturated rings. The molecular weight excluding hydrogens is 276 g/mol. The summed E-state index contributed by atoms with van der Waals surface area (Å²) >= 11 is 0. The predicted octanol–water partition coefficient (Wildman–Crippen LogP) is 3.63. The van der Waals surface area contributed by atoms with Crippen molar-refractivity contribution in [3.63, 3.8) is 0 Å². The first kappa shape index (κ1) is 15.9. The van der Waals surface area contributed by atoms with Crippen LogP contribution in [0.1, 0.15) is 25.8 Å². The highest BCUT2D eigenvalue weighted by Gasteiger charge is 2.09. The Balaban J connectivity index is 1.93. The Morgan fingerprint density at radius 1 is 1.14 bits per heavy atom. The number of nitrogens with two attached hydrogens (primary N) is 1. The van der Waals surface area contributed by atoms with E-state index in [-0.39, 0.29) is 12.0 Å². The lowest BCUT2D eigenvalue weighted by molar-refractivity contribution is -0.116. The summed E-state index contributed by atoms with van der Waals surface area (Å²) in [7, 11) is 0. The fourth-order valence-electron chi connectivity index (χ4n) is 2.08. The van der Waals surface area contributed by atoms with E-state index in [9.17, 15) is 4.79 Å². The van der Waals surface area contributed by atoms with Crippen molar-refractivity contribution >= 4 is 17.3 Å². The van der Waals surface area contributed by atoms with Crippen LogP contribution in [0.4, 0.5) is 11.4 Å². The average Bonchev–Trinajstić information content (AvgIpc) is 2.48. The molecule has 22 heavy (non-hydrogen) atoms. The molecule has 1 amide bonds. The van der Waals surface area contributed by atoms with Gasteiger partial charge in [0.2, 0.25) is 5.91 Å². The number of amides is 1. The zero-order chi connectivity index (χ0) is 15.9. The number of carbonyl (C=O) groups excluding carboxylic acids is 1. The van der Waals surface area contributed by atoms with Crippen molar-refractivity contribution in [2.45, 2.75) is 32.8 Å². The Labute approximate surface area is 131 Å². The van der Waals surface area contributed by atoms with E-state index in [1.807, 2.05) is 62.4 Å². The predicted molar refractivity (Wildman–Crippen MR) is 90.0 cm³/mol. The minimum absolute atomic E-state index is 0.0309. The van der Waals surface area contributed by atoms with Crippen LogP contribution in [0.2, 0.25) is 0 Å². The highest BCUT2D eigenvalue weighted by atomic mass is 16.5. The number of carbonyl (C=O) groups is 1. The van der Waals surface area contributed by atoms with Gasteiger partial charge in [-0.2, -0.15) is 0 Å². The highest BCUT2D eigenvalue weighted by molar-refractivity contribution is 5.92. The molecule has 2 aromatic rings. The molecule has 0 aliphatic carbocycles. The molecule has 0 radical (unpaired) electrons. The molecule has 0 atom stereocenters. The van der Waals surface area contributed by atoms with Crippen LogP contribution < -0.4 is 15.8 Å². The van der Waals surface area contributed by atoms with Gasteiger partial charge in [-0.1, -0.05) is 24.3 Å². The number of hydrogen-bond acceptors (Lipinski definition) is 3. The lowest BCUT2D eigenvalue weighted by Gasteiger charge is -2.14. The van der Waals surface area contributed by atoms with E-state index in [0.29, 0.717) is 24.3 Å². The minimum Gasteiger partial charge on any atom is -0.489 e. The van der Waals surface area contributed by atoms with E-state index in [1.54, 1.807) is 0 Å². The van der Waals surface area contributed by atoms with Crippen LogP contribution in [0, 0.1) is 0 Å². The molecule has 0 aromatic heterocycles. The van der Waals surface area contributed by atoms with Gasteiger partial charge in [0.15, 0.2) is 0 Å². The molecule has 2 aromatic carbocycles. The number of anilines is 2. The van der Waals surface area contributed by atoms with Gasteiger partial charge >= 0.3 is 0 Å². The van der Waals surface area contributed by atoms with Crippen molar-refractivity contribution in [1.82, 2.24) is 0 Å². The van der Waals surface area contributed by atoms with Crippen molar-refractivity contribution in [2.24, 2.45) is 0 Å². The van der Waals surface area contributed by atoms with Gasteiger partial charge < -0.3 is 15.8 Å². The first-order valence-electron chi connectivity index (χ1n) is 7.44. The molecule has 0 bridgehead atoms. The van der Waals surface area contributed by atoms with E-state index >= 15 is 0 Å². The Kier molecular flexibility index (Phi) is 5.42. The number of nitrogens with one attached hydrogen (secondary N) is 1. The zero-order valence-corrected chi connectivity index (χ0v) is 13.0. The molecule has 116 valence electrons. The maximum absolute atomic E-state index is 12.1. The first-order valence-corrected chi connectivity index (χ1v) is 7.44. The van der Waals surface area contributed by atoms with E-state index in [0.717, 1.165) is 11.3 Å². The third-order valence-electron chi connectivity index (χ3n) is 3.14. The Morgan fingerprint density at radius 3 is 2.50 bits per heavy atom. The maximum atomic E-state index is 12.1. The number of ether oxygens (including phenoxy) is 1. The van der Waals surface area contributed by atoms with E-state index in [1.165, 1.54) is 0 Å². The van der Waals surface area contributed by atoms with Gasteiger partial charge in [0.25, 0.3) is 0 Å². The van der Waals surface area contributed by atoms with Crippen molar-refractivity contribution in [3.8, 4) is 5.75 Å². The summed E-state index contributed by atoms with van der Waals surface area (Å²) in [5.41, 5.74) is 8.18. The molecule has 0 spiro atoms. The Bertz CT molecular complexity index is 621. The molecule has 0 saturated carbocycles. The van der Waals surface area contributed by atoms with Gasteiger partial charge in [0.1, 0.15) is 5.75 Å². The molecule has 4 nitrogen and oxygen atoms in total. The quantitative estimate of drug-likeness (QED) is 0.800. The van der Waals surface area contributed by atoms with Gasteiger partial charge in [-0.15, -0.1) is 0 Å². The summed E-state index contributed by atoms with van der Waals surface area (Å²) in [6.07, 6.45) is 1.16. The number of para-hydroxylation sites is 2.